The molecule has 10 heteroatoms. The van der Waals surface area contributed by atoms with Crippen molar-refractivity contribution in [3.05, 3.63) is 12.7 Å². The van der Waals surface area contributed by atoms with Crippen LogP contribution in [0.2, 0.25) is 0 Å². The van der Waals surface area contributed by atoms with Crippen LogP contribution in [0.25, 0.3) is 11.2 Å². The number of nitrogens with zero attached hydrogens (tertiary/aromatic N) is 5. The van der Waals surface area contributed by atoms with Gasteiger partial charge in [-0.15, -0.1) is 0 Å². The van der Waals surface area contributed by atoms with Gasteiger partial charge in [0.2, 0.25) is 5.91 Å². The first-order chi connectivity index (χ1) is 14.4. The minimum atomic E-state index is -1.01. The summed E-state index contributed by atoms with van der Waals surface area (Å²) >= 11 is 0. The number of nitrogens with one attached hydrogen (secondary N) is 1. The van der Waals surface area contributed by atoms with E-state index in [1.807, 2.05) is 16.4 Å². The molecule has 3 aliphatic heterocycles. The molecule has 1 spiro atoms. The van der Waals surface area contributed by atoms with E-state index in [4.69, 9.17) is 10.5 Å². The first-order valence-corrected chi connectivity index (χ1v) is 10.7. The lowest BCUT2D eigenvalue weighted by molar-refractivity contribution is -0.197. The Hall–Kier alpha value is -2.30. The molecular formula is C20H29N7O3. The Morgan fingerprint density at radius 2 is 2.13 bits per heavy atom. The summed E-state index contributed by atoms with van der Waals surface area (Å²) in [6.45, 7) is 4.44. The van der Waals surface area contributed by atoms with Crippen LogP contribution >= 0.6 is 0 Å². The van der Waals surface area contributed by atoms with Gasteiger partial charge in [0.1, 0.15) is 11.8 Å². The van der Waals surface area contributed by atoms with E-state index in [1.165, 1.54) is 6.33 Å². The Balaban J connectivity index is 1.30. The number of piperidine rings is 1. The summed E-state index contributed by atoms with van der Waals surface area (Å²) < 4.78 is 8.21. The average molecular weight is 415 g/mol. The molecule has 2 aromatic rings. The summed E-state index contributed by atoms with van der Waals surface area (Å²) in [7, 11) is 0. The van der Waals surface area contributed by atoms with Crippen molar-refractivity contribution in [3.63, 3.8) is 0 Å². The van der Waals surface area contributed by atoms with Gasteiger partial charge in [-0.25, -0.2) is 15.0 Å². The summed E-state index contributed by atoms with van der Waals surface area (Å²) in [5.74, 6) is 0.519. The second-order valence-corrected chi connectivity index (χ2v) is 9.10. The second kappa shape index (κ2) is 7.14. The number of ether oxygens (including phenoxy) is 1. The fourth-order valence-electron chi connectivity index (χ4n) is 5.31. The van der Waals surface area contributed by atoms with Crippen LogP contribution in [-0.4, -0.2) is 78.9 Å². The molecule has 0 bridgehead atoms. The minimum Gasteiger partial charge on any atom is -0.388 e. The lowest BCUT2D eigenvalue weighted by Crippen LogP contribution is -2.59. The van der Waals surface area contributed by atoms with Crippen molar-refractivity contribution in [2.45, 2.75) is 62.3 Å². The summed E-state index contributed by atoms with van der Waals surface area (Å²) in [5.41, 5.74) is 5.61. The Bertz CT molecular complexity index is 945. The van der Waals surface area contributed by atoms with Crippen LogP contribution in [0, 0.1) is 0 Å². The predicted molar refractivity (Wildman–Crippen MR) is 110 cm³/mol. The molecule has 0 saturated carbocycles. The van der Waals surface area contributed by atoms with Crippen LogP contribution in [0.4, 0.5) is 5.82 Å². The quantitative estimate of drug-likeness (QED) is 0.635. The number of nitrogen functional groups attached to an aromatic ring is 1. The monoisotopic (exact) mass is 415 g/mol. The van der Waals surface area contributed by atoms with Gasteiger partial charge in [0.05, 0.1) is 36.2 Å². The highest BCUT2D eigenvalue weighted by atomic mass is 16.5. The zero-order valence-corrected chi connectivity index (χ0v) is 17.3. The number of rotatable bonds is 2. The number of aromatic nitrogens is 4. The van der Waals surface area contributed by atoms with Gasteiger partial charge in [-0.1, -0.05) is 0 Å². The van der Waals surface area contributed by atoms with Gasteiger partial charge in [0, 0.05) is 19.5 Å². The van der Waals surface area contributed by atoms with Crippen LogP contribution in [-0.2, 0) is 9.53 Å². The molecule has 3 atom stereocenters. The molecule has 4 N–H and O–H groups in total. The number of likely N-dealkylation sites (tertiary alicyclic amines) is 1. The molecule has 5 rings (SSSR count). The highest BCUT2D eigenvalue weighted by Crippen LogP contribution is 2.44. The van der Waals surface area contributed by atoms with E-state index in [1.54, 1.807) is 6.33 Å². The molecule has 30 heavy (non-hydrogen) atoms. The third-order valence-corrected chi connectivity index (χ3v) is 7.01. The van der Waals surface area contributed by atoms with Crippen molar-refractivity contribution in [2.24, 2.45) is 0 Å². The molecule has 2 aromatic heterocycles. The maximum Gasteiger partial charge on any atom is 0.239 e. The molecule has 0 radical (unpaired) electrons. The summed E-state index contributed by atoms with van der Waals surface area (Å²) in [6, 6.07) is -0.368. The van der Waals surface area contributed by atoms with Gasteiger partial charge in [0.25, 0.3) is 0 Å². The third kappa shape index (κ3) is 3.23. The molecule has 10 nitrogen and oxygen atoms in total. The van der Waals surface area contributed by atoms with Gasteiger partial charge >= 0.3 is 0 Å². The van der Waals surface area contributed by atoms with Crippen LogP contribution in [0.3, 0.4) is 0 Å². The van der Waals surface area contributed by atoms with Crippen LogP contribution < -0.4 is 11.1 Å². The van der Waals surface area contributed by atoms with E-state index < -0.39 is 11.2 Å². The predicted octanol–water partition coefficient (Wildman–Crippen LogP) is 0.234. The molecule has 0 aromatic carbocycles. The van der Waals surface area contributed by atoms with Crippen LogP contribution in [0.1, 0.15) is 45.1 Å². The molecule has 5 heterocycles. The van der Waals surface area contributed by atoms with Crippen molar-refractivity contribution < 1.29 is 14.6 Å². The third-order valence-electron chi connectivity index (χ3n) is 7.01. The number of carbonyl (C=O) groups excluding carboxylic acids is 1. The van der Waals surface area contributed by atoms with Gasteiger partial charge in [-0.2, -0.15) is 0 Å². The smallest absolute Gasteiger partial charge is 0.239 e. The maximum atomic E-state index is 12.7. The second-order valence-electron chi connectivity index (χ2n) is 9.10. The number of hydrogen-bond donors (Lipinski definition) is 3. The summed E-state index contributed by atoms with van der Waals surface area (Å²) in [6.07, 6.45) is 6.98. The Morgan fingerprint density at radius 3 is 2.83 bits per heavy atom. The summed E-state index contributed by atoms with van der Waals surface area (Å²) in [4.78, 5) is 27.3. The van der Waals surface area contributed by atoms with Crippen molar-refractivity contribution in [1.82, 2.24) is 29.7 Å². The first-order valence-electron chi connectivity index (χ1n) is 10.7. The first kappa shape index (κ1) is 19.7. The van der Waals surface area contributed by atoms with Gasteiger partial charge < -0.3 is 30.4 Å². The number of carbonyl (C=O) groups is 1. The van der Waals surface area contributed by atoms with Crippen LogP contribution in [0.5, 0.6) is 0 Å². The standard InChI is InChI=1S/C20H29N7O3/c1-19(29)10-20(4-7-26(8-5-20)18(28)13-3-2-6-22-13)30-9-14(19)27-12-25-15-16(21)23-11-24-17(15)27/h11-14,22,29H,2-10H2,1H3,(H2,21,23,24)/t13-,14-,19-/m1/s1. The maximum absolute atomic E-state index is 12.7. The van der Waals surface area contributed by atoms with Crippen molar-refractivity contribution in [1.29, 1.82) is 0 Å². The highest BCUT2D eigenvalue weighted by Gasteiger charge is 2.50. The van der Waals surface area contributed by atoms with Crippen LogP contribution in [0.15, 0.2) is 12.7 Å². The Morgan fingerprint density at radius 1 is 1.33 bits per heavy atom. The number of hydrogen-bond acceptors (Lipinski definition) is 8. The fourth-order valence-corrected chi connectivity index (χ4v) is 5.31. The molecule has 0 aliphatic carbocycles. The largest absolute Gasteiger partial charge is 0.388 e. The number of imidazole rings is 1. The molecule has 0 unspecified atom stereocenters. The van der Waals surface area contributed by atoms with E-state index in [2.05, 4.69) is 20.3 Å². The van der Waals surface area contributed by atoms with E-state index in [0.29, 0.717) is 43.1 Å². The minimum absolute atomic E-state index is 0.0391. The zero-order valence-electron chi connectivity index (χ0n) is 17.3. The zero-order chi connectivity index (χ0) is 20.9. The van der Waals surface area contributed by atoms with Gasteiger partial charge in [0.15, 0.2) is 11.5 Å². The molecule has 1 amide bonds. The van der Waals surface area contributed by atoms with E-state index >= 15 is 0 Å². The van der Waals surface area contributed by atoms with E-state index in [0.717, 1.165) is 32.2 Å². The highest BCUT2D eigenvalue weighted by molar-refractivity contribution is 5.82. The molecule has 162 valence electrons. The number of fused-ring (bicyclic) bond motifs is 1. The Kier molecular flexibility index (Phi) is 4.68. The normalized spacial score (nSPS) is 31.5. The number of aliphatic hydroxyl groups is 1. The molecule has 3 saturated heterocycles. The number of nitrogens with two attached hydrogens (primary N) is 1. The lowest BCUT2D eigenvalue weighted by atomic mass is 9.75. The van der Waals surface area contributed by atoms with E-state index in [9.17, 15) is 9.90 Å². The summed E-state index contributed by atoms with van der Waals surface area (Å²) in [5, 5.41) is 14.7. The van der Waals surface area contributed by atoms with Gasteiger partial charge in [-0.05, 0) is 39.2 Å². The number of anilines is 1. The topological polar surface area (TPSA) is 131 Å². The molecule has 3 fully saturated rings. The lowest BCUT2D eigenvalue weighted by Gasteiger charge is -2.51. The average Bonchev–Trinajstić information content (AvgIpc) is 3.38. The van der Waals surface area contributed by atoms with Crippen molar-refractivity contribution in [3.8, 4) is 0 Å². The fraction of sp³-hybridized carbons (Fsp3) is 0.700. The van der Waals surface area contributed by atoms with Gasteiger partial charge in [-0.3, -0.25) is 4.79 Å². The van der Waals surface area contributed by atoms with Crippen molar-refractivity contribution >= 4 is 22.9 Å². The molecular weight excluding hydrogens is 386 g/mol. The van der Waals surface area contributed by atoms with E-state index in [-0.39, 0.29) is 18.0 Å². The Labute approximate surface area is 174 Å². The SMILES string of the molecule is C[C@@]1(O)CC2(CCN(C(=O)[C@H]3CCCN3)CC2)OC[C@H]1n1cnc2c(N)ncnc21. The van der Waals surface area contributed by atoms with Crippen molar-refractivity contribution in [2.75, 3.05) is 32.0 Å². The molecule has 3 aliphatic rings. The number of amides is 1.